The number of halogens is 1. The van der Waals surface area contributed by atoms with E-state index < -0.39 is 0 Å². The molecule has 0 aliphatic rings. The van der Waals surface area contributed by atoms with E-state index in [1.54, 1.807) is 31.6 Å². The summed E-state index contributed by atoms with van der Waals surface area (Å²) in [6, 6.07) is 6.94. The predicted molar refractivity (Wildman–Crippen MR) is 78.2 cm³/mol. The third-order valence-corrected chi connectivity index (χ3v) is 3.05. The first kappa shape index (κ1) is 14.5. The molecule has 0 aliphatic heterocycles. The Balaban J connectivity index is 2.27. The number of hydrogen-bond donors (Lipinski definition) is 1. The summed E-state index contributed by atoms with van der Waals surface area (Å²) in [6.07, 6.45) is 4.33. The molecular formula is C16H19FN2O. The van der Waals surface area contributed by atoms with E-state index in [0.29, 0.717) is 11.3 Å². The van der Waals surface area contributed by atoms with E-state index in [0.717, 1.165) is 30.6 Å². The molecule has 1 N–H and O–H groups in total. The van der Waals surface area contributed by atoms with Gasteiger partial charge in [-0.1, -0.05) is 13.0 Å². The summed E-state index contributed by atoms with van der Waals surface area (Å²) in [5, 5.41) is 3.31. The first-order valence-electron chi connectivity index (χ1n) is 6.73. The lowest BCUT2D eigenvalue weighted by Gasteiger charge is -2.09. The summed E-state index contributed by atoms with van der Waals surface area (Å²) < 4.78 is 19.1. The summed E-state index contributed by atoms with van der Waals surface area (Å²) in [5.74, 6) is 0.371. The molecule has 0 amide bonds. The highest BCUT2D eigenvalue weighted by atomic mass is 19.1. The van der Waals surface area contributed by atoms with E-state index in [1.807, 2.05) is 6.07 Å². The Labute approximate surface area is 118 Å². The Bertz CT molecular complexity index is 572. The molecule has 0 saturated heterocycles. The smallest absolute Gasteiger partial charge is 0.137 e. The second-order valence-corrected chi connectivity index (χ2v) is 4.60. The van der Waals surface area contributed by atoms with E-state index in [9.17, 15) is 4.39 Å². The summed E-state index contributed by atoms with van der Waals surface area (Å²) in [7, 11) is 1.57. The lowest BCUT2D eigenvalue weighted by molar-refractivity contribution is 0.413. The van der Waals surface area contributed by atoms with Crippen molar-refractivity contribution < 1.29 is 9.13 Å². The molecule has 0 fully saturated rings. The van der Waals surface area contributed by atoms with Crippen LogP contribution in [0.15, 0.2) is 36.7 Å². The number of nitrogens with one attached hydrogen (secondary N) is 1. The Hall–Kier alpha value is -1.94. The van der Waals surface area contributed by atoms with E-state index >= 15 is 0 Å². The van der Waals surface area contributed by atoms with Crippen molar-refractivity contribution in [3.63, 3.8) is 0 Å². The zero-order valence-corrected chi connectivity index (χ0v) is 11.8. The molecule has 2 aromatic rings. The lowest BCUT2D eigenvalue weighted by atomic mass is 10.0. The van der Waals surface area contributed by atoms with Crippen LogP contribution in [0.5, 0.6) is 5.75 Å². The lowest BCUT2D eigenvalue weighted by Crippen LogP contribution is -2.13. The number of methoxy groups -OCH3 is 1. The third-order valence-electron chi connectivity index (χ3n) is 3.05. The summed E-state index contributed by atoms with van der Waals surface area (Å²) in [6.45, 7) is 3.80. The highest BCUT2D eigenvalue weighted by Gasteiger charge is 2.08. The number of ether oxygens (including phenoxy) is 1. The SMILES string of the molecule is CCCNCc1ccc(F)c(-c2cncc(OC)c2)c1. The van der Waals surface area contributed by atoms with Crippen molar-refractivity contribution in [1.29, 1.82) is 0 Å². The quantitative estimate of drug-likeness (QED) is 0.820. The van der Waals surface area contributed by atoms with Crippen LogP contribution < -0.4 is 10.1 Å². The first-order chi connectivity index (χ1) is 9.74. The van der Waals surface area contributed by atoms with Crippen LogP contribution in [-0.4, -0.2) is 18.6 Å². The molecule has 0 spiro atoms. The second kappa shape index (κ2) is 7.01. The van der Waals surface area contributed by atoms with Crippen molar-refractivity contribution >= 4 is 0 Å². The molecule has 0 unspecified atom stereocenters. The van der Waals surface area contributed by atoms with Gasteiger partial charge in [-0.15, -0.1) is 0 Å². The van der Waals surface area contributed by atoms with Crippen LogP contribution >= 0.6 is 0 Å². The largest absolute Gasteiger partial charge is 0.495 e. The van der Waals surface area contributed by atoms with Gasteiger partial charge in [-0.25, -0.2) is 4.39 Å². The van der Waals surface area contributed by atoms with Crippen LogP contribution in [0, 0.1) is 5.82 Å². The van der Waals surface area contributed by atoms with Gasteiger partial charge in [0, 0.05) is 23.9 Å². The Kier molecular flexibility index (Phi) is 5.07. The minimum atomic E-state index is -0.251. The fourth-order valence-electron chi connectivity index (χ4n) is 1.99. The van der Waals surface area contributed by atoms with E-state index in [1.165, 1.54) is 6.07 Å². The van der Waals surface area contributed by atoms with E-state index in [-0.39, 0.29) is 5.82 Å². The van der Waals surface area contributed by atoms with Crippen molar-refractivity contribution in [3.05, 3.63) is 48.0 Å². The number of rotatable bonds is 6. The van der Waals surface area contributed by atoms with Crippen molar-refractivity contribution in [2.45, 2.75) is 19.9 Å². The van der Waals surface area contributed by atoms with Crippen LogP contribution in [0.1, 0.15) is 18.9 Å². The Morgan fingerprint density at radius 2 is 2.10 bits per heavy atom. The summed E-state index contributed by atoms with van der Waals surface area (Å²) in [5.41, 5.74) is 2.32. The van der Waals surface area contributed by atoms with Crippen molar-refractivity contribution in [2.75, 3.05) is 13.7 Å². The number of aromatic nitrogens is 1. The standard InChI is InChI=1S/C16H19FN2O/c1-3-6-18-9-12-4-5-16(17)15(7-12)13-8-14(20-2)11-19-10-13/h4-5,7-8,10-11,18H,3,6,9H2,1-2H3. The zero-order chi connectivity index (χ0) is 14.4. The predicted octanol–water partition coefficient (Wildman–Crippen LogP) is 3.40. The van der Waals surface area contributed by atoms with Crippen LogP contribution in [0.2, 0.25) is 0 Å². The molecule has 106 valence electrons. The normalized spacial score (nSPS) is 10.6. The number of pyridine rings is 1. The third kappa shape index (κ3) is 3.54. The van der Waals surface area contributed by atoms with E-state index in [2.05, 4.69) is 17.2 Å². The van der Waals surface area contributed by atoms with Gasteiger partial charge in [0.25, 0.3) is 0 Å². The zero-order valence-electron chi connectivity index (χ0n) is 11.8. The van der Waals surface area contributed by atoms with Crippen LogP contribution in [0.3, 0.4) is 0 Å². The molecule has 20 heavy (non-hydrogen) atoms. The molecule has 3 nitrogen and oxygen atoms in total. The molecule has 4 heteroatoms. The van der Waals surface area contributed by atoms with Crippen LogP contribution in [0.4, 0.5) is 4.39 Å². The molecule has 2 rings (SSSR count). The van der Waals surface area contributed by atoms with Gasteiger partial charge in [-0.3, -0.25) is 4.98 Å². The fraction of sp³-hybridized carbons (Fsp3) is 0.312. The minimum Gasteiger partial charge on any atom is -0.495 e. The highest BCUT2D eigenvalue weighted by Crippen LogP contribution is 2.26. The highest BCUT2D eigenvalue weighted by molar-refractivity contribution is 5.65. The maximum Gasteiger partial charge on any atom is 0.137 e. The topological polar surface area (TPSA) is 34.2 Å². The van der Waals surface area contributed by atoms with Gasteiger partial charge in [0.1, 0.15) is 11.6 Å². The maximum absolute atomic E-state index is 14.0. The van der Waals surface area contributed by atoms with E-state index in [4.69, 9.17) is 4.74 Å². The van der Waals surface area contributed by atoms with Gasteiger partial charge in [0.05, 0.1) is 13.3 Å². The van der Waals surface area contributed by atoms with Crippen molar-refractivity contribution in [3.8, 4) is 16.9 Å². The van der Waals surface area contributed by atoms with Crippen molar-refractivity contribution in [2.24, 2.45) is 0 Å². The Morgan fingerprint density at radius 1 is 1.25 bits per heavy atom. The first-order valence-corrected chi connectivity index (χ1v) is 6.73. The summed E-state index contributed by atoms with van der Waals surface area (Å²) in [4.78, 5) is 4.07. The van der Waals surface area contributed by atoms with Crippen LogP contribution in [-0.2, 0) is 6.54 Å². The number of hydrogen-bond acceptors (Lipinski definition) is 3. The summed E-state index contributed by atoms with van der Waals surface area (Å²) >= 11 is 0. The number of nitrogens with zero attached hydrogens (tertiary/aromatic N) is 1. The average molecular weight is 274 g/mol. The molecule has 1 aromatic carbocycles. The minimum absolute atomic E-state index is 0.251. The van der Waals surface area contributed by atoms with Gasteiger partial charge in [0.2, 0.25) is 0 Å². The fourth-order valence-corrected chi connectivity index (χ4v) is 1.99. The van der Waals surface area contributed by atoms with Crippen molar-refractivity contribution in [1.82, 2.24) is 10.3 Å². The van der Waals surface area contributed by atoms with Gasteiger partial charge in [-0.05, 0) is 36.7 Å². The molecule has 1 aromatic heterocycles. The molecule has 0 saturated carbocycles. The van der Waals surface area contributed by atoms with Gasteiger partial charge >= 0.3 is 0 Å². The molecule has 0 aliphatic carbocycles. The molecule has 0 radical (unpaired) electrons. The monoisotopic (exact) mass is 274 g/mol. The molecular weight excluding hydrogens is 255 g/mol. The van der Waals surface area contributed by atoms with Gasteiger partial charge in [0.15, 0.2) is 0 Å². The van der Waals surface area contributed by atoms with Crippen LogP contribution in [0.25, 0.3) is 11.1 Å². The number of benzene rings is 1. The molecule has 0 bridgehead atoms. The second-order valence-electron chi connectivity index (χ2n) is 4.60. The maximum atomic E-state index is 14.0. The van der Waals surface area contributed by atoms with Gasteiger partial charge in [-0.2, -0.15) is 0 Å². The average Bonchev–Trinajstić information content (AvgIpc) is 2.49. The molecule has 0 atom stereocenters. The molecule has 1 heterocycles. The Morgan fingerprint density at radius 3 is 2.85 bits per heavy atom. The van der Waals surface area contributed by atoms with Gasteiger partial charge < -0.3 is 10.1 Å².